The van der Waals surface area contributed by atoms with Crippen LogP contribution in [0.5, 0.6) is 5.75 Å². The molecule has 27 heavy (non-hydrogen) atoms. The molecule has 2 aromatic rings. The lowest BCUT2D eigenvalue weighted by Gasteiger charge is -2.25. The Bertz CT molecular complexity index is 989. The van der Waals surface area contributed by atoms with Gasteiger partial charge in [0.05, 0.1) is 0 Å². The molecule has 0 fully saturated rings. The van der Waals surface area contributed by atoms with Gasteiger partial charge in [-0.15, -0.1) is 0 Å². The molecule has 0 bridgehead atoms. The fourth-order valence-corrected chi connectivity index (χ4v) is 3.73. The summed E-state index contributed by atoms with van der Waals surface area (Å²) in [6.07, 6.45) is 1.79. The van der Waals surface area contributed by atoms with Crippen LogP contribution < -0.4 is 9.64 Å². The first-order valence-electron chi connectivity index (χ1n) is 9.23. The lowest BCUT2D eigenvalue weighted by Crippen LogP contribution is -2.22. The van der Waals surface area contributed by atoms with Gasteiger partial charge in [0.2, 0.25) is 11.6 Å². The summed E-state index contributed by atoms with van der Waals surface area (Å²) in [5.41, 5.74) is 4.02. The molecule has 0 aromatic heterocycles. The van der Waals surface area contributed by atoms with Crippen molar-refractivity contribution < 1.29 is 14.3 Å². The van der Waals surface area contributed by atoms with Crippen molar-refractivity contribution in [2.75, 3.05) is 18.0 Å². The molecule has 4 rings (SSSR count). The highest BCUT2D eigenvalue weighted by atomic mass is 16.5. The van der Waals surface area contributed by atoms with Gasteiger partial charge in [0.15, 0.2) is 0 Å². The molecule has 0 atom stereocenters. The van der Waals surface area contributed by atoms with Crippen molar-refractivity contribution in [3.63, 3.8) is 0 Å². The average molecular weight is 359 g/mol. The van der Waals surface area contributed by atoms with Crippen LogP contribution in [0.2, 0.25) is 0 Å². The average Bonchev–Trinajstić information content (AvgIpc) is 2.93. The molecule has 4 nitrogen and oxygen atoms in total. The zero-order valence-corrected chi connectivity index (χ0v) is 15.7. The highest BCUT2D eigenvalue weighted by Crippen LogP contribution is 2.39. The molecule has 0 spiro atoms. The summed E-state index contributed by atoms with van der Waals surface area (Å²) >= 11 is 0. The molecule has 1 aliphatic heterocycles. The first-order chi connectivity index (χ1) is 13.0. The van der Waals surface area contributed by atoms with Gasteiger partial charge in [-0.2, -0.15) is 0 Å². The van der Waals surface area contributed by atoms with E-state index in [1.54, 1.807) is 30.3 Å². The second-order valence-electron chi connectivity index (χ2n) is 6.73. The van der Waals surface area contributed by atoms with Crippen LogP contribution in [0.4, 0.5) is 5.69 Å². The molecule has 0 saturated heterocycles. The van der Waals surface area contributed by atoms with Crippen molar-refractivity contribution in [3.05, 3.63) is 76.6 Å². The minimum Gasteiger partial charge on any atom is -0.456 e. The third-order valence-corrected chi connectivity index (χ3v) is 5.20. The topological polar surface area (TPSA) is 46.6 Å². The molecular weight excluding hydrogens is 338 g/mol. The summed E-state index contributed by atoms with van der Waals surface area (Å²) in [6.45, 7) is 7.97. The number of benzene rings is 2. The number of fused-ring (bicyclic) bond motifs is 2. The third kappa shape index (κ3) is 2.69. The zero-order chi connectivity index (χ0) is 19.1. The van der Waals surface area contributed by atoms with Crippen LogP contribution in [-0.2, 0) is 0 Å². The summed E-state index contributed by atoms with van der Waals surface area (Å²) < 4.78 is 6.07. The fraction of sp³-hybridized carbons (Fsp3) is 0.217. The third-order valence-electron chi connectivity index (χ3n) is 5.20. The van der Waals surface area contributed by atoms with Crippen LogP contribution in [0.25, 0.3) is 5.57 Å². The SMILES string of the molecule is CCN(CC)c1ccc2c(c1)OC(=C1C(=O)c3ccccc3C1=O)C=C2C. The maximum atomic E-state index is 12.8. The van der Waals surface area contributed by atoms with Gasteiger partial charge in [-0.05, 0) is 44.6 Å². The summed E-state index contributed by atoms with van der Waals surface area (Å²) in [5, 5.41) is 0. The maximum Gasteiger partial charge on any atom is 0.201 e. The van der Waals surface area contributed by atoms with Crippen LogP contribution in [0.3, 0.4) is 0 Å². The molecule has 4 heteroatoms. The number of Topliss-reactive ketones (excluding diaryl/α,β-unsaturated/α-hetero) is 2. The van der Waals surface area contributed by atoms with E-state index in [1.807, 2.05) is 19.1 Å². The number of rotatable bonds is 3. The van der Waals surface area contributed by atoms with Crippen molar-refractivity contribution in [2.45, 2.75) is 20.8 Å². The van der Waals surface area contributed by atoms with Crippen LogP contribution in [0.15, 0.2) is 59.9 Å². The normalized spacial score (nSPS) is 15.3. The highest BCUT2D eigenvalue weighted by molar-refractivity contribution is 6.39. The molecule has 0 unspecified atom stereocenters. The van der Waals surface area contributed by atoms with E-state index in [-0.39, 0.29) is 17.1 Å². The number of hydrogen-bond donors (Lipinski definition) is 0. The summed E-state index contributed by atoms with van der Waals surface area (Å²) in [5.74, 6) is 0.484. The first-order valence-corrected chi connectivity index (χ1v) is 9.23. The number of ketones is 2. The second kappa shape index (κ2) is 6.54. The Labute approximate surface area is 158 Å². The van der Waals surface area contributed by atoms with Gasteiger partial charge >= 0.3 is 0 Å². The van der Waals surface area contributed by atoms with E-state index in [0.717, 1.165) is 29.9 Å². The van der Waals surface area contributed by atoms with Crippen molar-refractivity contribution in [2.24, 2.45) is 0 Å². The molecule has 0 N–H and O–H groups in total. The minimum absolute atomic E-state index is 0.120. The highest BCUT2D eigenvalue weighted by Gasteiger charge is 2.36. The number of allylic oxidation sites excluding steroid dienone is 3. The predicted molar refractivity (Wildman–Crippen MR) is 106 cm³/mol. The first kappa shape index (κ1) is 17.3. The van der Waals surface area contributed by atoms with Gasteiger partial charge in [0.25, 0.3) is 0 Å². The van der Waals surface area contributed by atoms with Crippen LogP contribution in [-0.4, -0.2) is 24.7 Å². The lowest BCUT2D eigenvalue weighted by atomic mass is 9.99. The Balaban J connectivity index is 1.81. The van der Waals surface area contributed by atoms with Crippen molar-refractivity contribution in [3.8, 4) is 5.75 Å². The molecule has 0 amide bonds. The van der Waals surface area contributed by atoms with Gasteiger partial charge < -0.3 is 9.64 Å². The Morgan fingerprint density at radius 2 is 1.52 bits per heavy atom. The van der Waals surface area contributed by atoms with E-state index >= 15 is 0 Å². The van der Waals surface area contributed by atoms with E-state index in [1.165, 1.54) is 0 Å². The number of hydrogen-bond acceptors (Lipinski definition) is 4. The Kier molecular flexibility index (Phi) is 4.19. The van der Waals surface area contributed by atoms with E-state index in [2.05, 4.69) is 24.8 Å². The molecule has 2 aliphatic rings. The number of ether oxygens (including phenoxy) is 1. The van der Waals surface area contributed by atoms with Crippen molar-refractivity contribution in [1.82, 2.24) is 0 Å². The predicted octanol–water partition coefficient (Wildman–Crippen LogP) is 4.66. The molecule has 2 aromatic carbocycles. The van der Waals surface area contributed by atoms with E-state index < -0.39 is 0 Å². The second-order valence-corrected chi connectivity index (χ2v) is 6.73. The van der Waals surface area contributed by atoms with Gasteiger partial charge in [-0.25, -0.2) is 0 Å². The van der Waals surface area contributed by atoms with Crippen LogP contribution in [0.1, 0.15) is 47.1 Å². The Morgan fingerprint density at radius 3 is 2.11 bits per heavy atom. The fourth-order valence-electron chi connectivity index (χ4n) is 3.73. The number of carbonyl (C=O) groups excluding carboxylic acids is 2. The van der Waals surface area contributed by atoms with Gasteiger partial charge in [-0.3, -0.25) is 9.59 Å². The van der Waals surface area contributed by atoms with Gasteiger partial charge in [0, 0.05) is 41.5 Å². The van der Waals surface area contributed by atoms with E-state index in [9.17, 15) is 9.59 Å². The lowest BCUT2D eigenvalue weighted by molar-refractivity contribution is 0.0983. The van der Waals surface area contributed by atoms with Crippen LogP contribution >= 0.6 is 0 Å². The van der Waals surface area contributed by atoms with E-state index in [0.29, 0.717) is 22.6 Å². The smallest absolute Gasteiger partial charge is 0.201 e. The molecule has 0 radical (unpaired) electrons. The molecule has 1 aliphatic carbocycles. The molecular formula is C23H21NO3. The van der Waals surface area contributed by atoms with Crippen molar-refractivity contribution in [1.29, 1.82) is 0 Å². The number of anilines is 1. The Hall–Kier alpha value is -3.14. The molecule has 136 valence electrons. The zero-order valence-electron chi connectivity index (χ0n) is 15.7. The monoisotopic (exact) mass is 359 g/mol. The minimum atomic E-state index is -0.266. The van der Waals surface area contributed by atoms with Gasteiger partial charge in [0.1, 0.15) is 17.1 Å². The van der Waals surface area contributed by atoms with Crippen molar-refractivity contribution >= 4 is 22.8 Å². The molecule has 1 heterocycles. The largest absolute Gasteiger partial charge is 0.456 e. The standard InChI is InChI=1S/C23H21NO3/c1-4-24(5-2)15-10-11-16-14(3)12-20(27-19(16)13-15)21-22(25)17-8-6-7-9-18(17)23(21)26/h6-13H,4-5H2,1-3H3. The maximum absolute atomic E-state index is 12.8. The molecule has 0 saturated carbocycles. The van der Waals surface area contributed by atoms with Crippen LogP contribution in [0, 0.1) is 0 Å². The Morgan fingerprint density at radius 1 is 0.889 bits per heavy atom. The van der Waals surface area contributed by atoms with E-state index in [4.69, 9.17) is 4.74 Å². The summed E-state index contributed by atoms with van der Waals surface area (Å²) in [6, 6.07) is 13.0. The summed E-state index contributed by atoms with van der Waals surface area (Å²) in [4.78, 5) is 27.8. The quantitative estimate of drug-likeness (QED) is 0.591. The number of nitrogens with zero attached hydrogens (tertiary/aromatic N) is 1. The number of carbonyl (C=O) groups is 2. The summed E-state index contributed by atoms with van der Waals surface area (Å²) in [7, 11) is 0. The van der Waals surface area contributed by atoms with Gasteiger partial charge in [-0.1, -0.05) is 24.3 Å².